The molecule has 3 nitrogen and oxygen atoms in total. The number of hydroxylamine groups is 1. The smallest absolute Gasteiger partial charge is 0.0709 e. The molecule has 11 heavy (non-hydrogen) atoms. The van der Waals surface area contributed by atoms with Crippen LogP contribution in [0.25, 0.3) is 0 Å². The van der Waals surface area contributed by atoms with Crippen molar-refractivity contribution in [2.45, 2.75) is 39.2 Å². The zero-order valence-electron chi connectivity index (χ0n) is 7.68. The maximum absolute atomic E-state index is 9.27. The zero-order valence-corrected chi connectivity index (χ0v) is 7.68. The lowest BCUT2D eigenvalue weighted by Crippen LogP contribution is -2.24. The Kier molecular flexibility index (Phi) is 5.46. The van der Waals surface area contributed by atoms with E-state index in [0.29, 0.717) is 13.0 Å². The van der Waals surface area contributed by atoms with E-state index in [1.807, 2.05) is 0 Å². The summed E-state index contributed by atoms with van der Waals surface area (Å²) in [5.74, 6) is 0. The Labute approximate surface area is 68.7 Å². The number of hydrogen-bond acceptors (Lipinski definition) is 3. The first kappa shape index (κ1) is 10.9. The van der Waals surface area contributed by atoms with Crippen LogP contribution in [0.15, 0.2) is 0 Å². The summed E-state index contributed by atoms with van der Waals surface area (Å²) in [7, 11) is 0. The van der Waals surface area contributed by atoms with E-state index < -0.39 is 5.60 Å². The quantitative estimate of drug-likeness (QED) is 0.452. The van der Waals surface area contributed by atoms with Crippen LogP contribution in [-0.2, 0) is 4.84 Å². The van der Waals surface area contributed by atoms with E-state index in [0.717, 1.165) is 13.0 Å². The second-order valence-electron chi connectivity index (χ2n) is 3.31. The van der Waals surface area contributed by atoms with Crippen molar-refractivity contribution >= 4 is 0 Å². The minimum absolute atomic E-state index is 0.559. The van der Waals surface area contributed by atoms with Crippen molar-refractivity contribution in [2.24, 2.45) is 0 Å². The van der Waals surface area contributed by atoms with Gasteiger partial charge in [-0.1, -0.05) is 6.92 Å². The van der Waals surface area contributed by atoms with E-state index in [1.165, 1.54) is 0 Å². The average Bonchev–Trinajstić information content (AvgIpc) is 1.85. The van der Waals surface area contributed by atoms with Crippen LogP contribution in [0.2, 0.25) is 0 Å². The Hall–Kier alpha value is -0.120. The van der Waals surface area contributed by atoms with Gasteiger partial charge in [-0.05, 0) is 20.3 Å². The Bertz CT molecular complexity index is 88.6. The van der Waals surface area contributed by atoms with Crippen molar-refractivity contribution in [3.8, 4) is 0 Å². The molecule has 68 valence electrons. The molecule has 0 rings (SSSR count). The normalized spacial score (nSPS) is 12.0. The molecule has 3 heteroatoms. The molecule has 0 aromatic rings. The van der Waals surface area contributed by atoms with Crippen molar-refractivity contribution in [3.05, 3.63) is 0 Å². The SMILES string of the molecule is CCCNOCCC(C)(C)O. The lowest BCUT2D eigenvalue weighted by molar-refractivity contribution is -0.00925. The highest BCUT2D eigenvalue weighted by Crippen LogP contribution is 2.05. The summed E-state index contributed by atoms with van der Waals surface area (Å²) in [5, 5.41) is 9.27. The van der Waals surface area contributed by atoms with Crippen LogP contribution in [0.3, 0.4) is 0 Å². The number of hydrogen-bond donors (Lipinski definition) is 2. The van der Waals surface area contributed by atoms with Crippen LogP contribution in [0.5, 0.6) is 0 Å². The molecule has 0 aromatic carbocycles. The average molecular weight is 161 g/mol. The molecule has 0 atom stereocenters. The second-order valence-corrected chi connectivity index (χ2v) is 3.31. The summed E-state index contributed by atoms with van der Waals surface area (Å²) >= 11 is 0. The molecule has 0 heterocycles. The lowest BCUT2D eigenvalue weighted by atomic mass is 10.1. The number of aliphatic hydroxyl groups is 1. The first-order chi connectivity index (χ1) is 5.06. The first-order valence-corrected chi connectivity index (χ1v) is 4.13. The Morgan fingerprint density at radius 1 is 1.45 bits per heavy atom. The third kappa shape index (κ3) is 9.88. The fourth-order valence-electron chi connectivity index (χ4n) is 0.547. The Morgan fingerprint density at radius 3 is 2.55 bits per heavy atom. The fourth-order valence-corrected chi connectivity index (χ4v) is 0.547. The van der Waals surface area contributed by atoms with E-state index in [2.05, 4.69) is 12.4 Å². The van der Waals surface area contributed by atoms with Crippen molar-refractivity contribution in [2.75, 3.05) is 13.2 Å². The molecule has 0 aromatic heterocycles. The van der Waals surface area contributed by atoms with Gasteiger partial charge in [0.15, 0.2) is 0 Å². The lowest BCUT2D eigenvalue weighted by Gasteiger charge is -2.16. The van der Waals surface area contributed by atoms with E-state index in [9.17, 15) is 5.11 Å². The molecule has 0 unspecified atom stereocenters. The van der Waals surface area contributed by atoms with Gasteiger partial charge in [0.05, 0.1) is 12.2 Å². The van der Waals surface area contributed by atoms with Gasteiger partial charge in [0.25, 0.3) is 0 Å². The van der Waals surface area contributed by atoms with Gasteiger partial charge >= 0.3 is 0 Å². The van der Waals surface area contributed by atoms with Crippen LogP contribution >= 0.6 is 0 Å². The van der Waals surface area contributed by atoms with Gasteiger partial charge < -0.3 is 9.94 Å². The number of nitrogens with one attached hydrogen (secondary N) is 1. The standard InChI is InChI=1S/C8H19NO2/c1-4-6-9-11-7-5-8(2,3)10/h9-10H,4-7H2,1-3H3. The summed E-state index contributed by atoms with van der Waals surface area (Å²) in [5.41, 5.74) is 2.18. The topological polar surface area (TPSA) is 41.5 Å². The van der Waals surface area contributed by atoms with Gasteiger partial charge in [0, 0.05) is 13.0 Å². The van der Waals surface area contributed by atoms with Crippen molar-refractivity contribution in [1.82, 2.24) is 5.48 Å². The van der Waals surface area contributed by atoms with Crippen LogP contribution in [0, 0.1) is 0 Å². The van der Waals surface area contributed by atoms with Gasteiger partial charge in [-0.15, -0.1) is 0 Å². The third-order valence-electron chi connectivity index (χ3n) is 1.27. The van der Waals surface area contributed by atoms with Crippen LogP contribution in [-0.4, -0.2) is 23.9 Å². The summed E-state index contributed by atoms with van der Waals surface area (Å²) < 4.78 is 0. The summed E-state index contributed by atoms with van der Waals surface area (Å²) in [4.78, 5) is 5.04. The monoisotopic (exact) mass is 161 g/mol. The van der Waals surface area contributed by atoms with E-state index in [-0.39, 0.29) is 0 Å². The van der Waals surface area contributed by atoms with Crippen LogP contribution in [0.4, 0.5) is 0 Å². The fraction of sp³-hybridized carbons (Fsp3) is 1.00. The van der Waals surface area contributed by atoms with Crippen LogP contribution in [0.1, 0.15) is 33.6 Å². The molecule has 0 aliphatic heterocycles. The largest absolute Gasteiger partial charge is 0.390 e. The molecule has 0 amide bonds. The van der Waals surface area contributed by atoms with Crippen molar-refractivity contribution < 1.29 is 9.94 Å². The van der Waals surface area contributed by atoms with Crippen molar-refractivity contribution in [3.63, 3.8) is 0 Å². The Balaban J connectivity index is 3.02. The van der Waals surface area contributed by atoms with Crippen molar-refractivity contribution in [1.29, 1.82) is 0 Å². The molecule has 0 saturated heterocycles. The van der Waals surface area contributed by atoms with Crippen LogP contribution < -0.4 is 5.48 Å². The molecule has 2 N–H and O–H groups in total. The molecule has 0 aliphatic carbocycles. The minimum atomic E-state index is -0.617. The molecule has 0 bridgehead atoms. The summed E-state index contributed by atoms with van der Waals surface area (Å²) in [6.45, 7) is 7.05. The minimum Gasteiger partial charge on any atom is -0.390 e. The molecule has 0 spiro atoms. The highest BCUT2D eigenvalue weighted by atomic mass is 16.6. The molecule has 0 radical (unpaired) electrons. The predicted octanol–water partition coefficient (Wildman–Crippen LogP) is 1.08. The van der Waals surface area contributed by atoms with E-state index in [4.69, 9.17) is 4.84 Å². The predicted molar refractivity (Wildman–Crippen MR) is 45.2 cm³/mol. The zero-order chi connectivity index (χ0) is 8.74. The van der Waals surface area contributed by atoms with Gasteiger partial charge in [-0.25, -0.2) is 5.48 Å². The van der Waals surface area contributed by atoms with E-state index >= 15 is 0 Å². The second kappa shape index (κ2) is 5.52. The molecule has 0 aliphatic rings. The Morgan fingerprint density at radius 2 is 2.09 bits per heavy atom. The summed E-state index contributed by atoms with van der Waals surface area (Å²) in [6.07, 6.45) is 1.71. The highest BCUT2D eigenvalue weighted by molar-refractivity contribution is 4.62. The van der Waals surface area contributed by atoms with Gasteiger partial charge in [0.1, 0.15) is 0 Å². The first-order valence-electron chi connectivity index (χ1n) is 4.13. The molecule has 0 saturated carbocycles. The van der Waals surface area contributed by atoms with Gasteiger partial charge in [-0.3, -0.25) is 0 Å². The summed E-state index contributed by atoms with van der Waals surface area (Å²) in [6, 6.07) is 0. The maximum atomic E-state index is 9.27. The molecular formula is C8H19NO2. The molecular weight excluding hydrogens is 142 g/mol. The van der Waals surface area contributed by atoms with Gasteiger partial charge in [0.2, 0.25) is 0 Å². The maximum Gasteiger partial charge on any atom is 0.0709 e. The van der Waals surface area contributed by atoms with E-state index in [1.54, 1.807) is 13.8 Å². The molecule has 0 fully saturated rings. The van der Waals surface area contributed by atoms with Gasteiger partial charge in [-0.2, -0.15) is 0 Å². The third-order valence-corrected chi connectivity index (χ3v) is 1.27. The highest BCUT2D eigenvalue weighted by Gasteiger charge is 2.11. The number of rotatable bonds is 6.